The molecule has 0 atom stereocenters. The fourth-order valence-corrected chi connectivity index (χ4v) is 3.09. The maximum Gasteiger partial charge on any atom is 0.343 e. The Kier molecular flexibility index (Phi) is 10.9. The van der Waals surface area contributed by atoms with Gasteiger partial charge in [-0.05, 0) is 61.4 Å². The molecule has 2 amide bonds. The smallest absolute Gasteiger partial charge is 0.343 e. The van der Waals surface area contributed by atoms with E-state index in [9.17, 15) is 19.2 Å². The third kappa shape index (κ3) is 8.71. The van der Waals surface area contributed by atoms with Crippen LogP contribution < -0.4 is 21.2 Å². The molecule has 0 unspecified atom stereocenters. The number of carboxylic acid groups (broad SMARTS) is 1. The van der Waals surface area contributed by atoms with Crippen molar-refractivity contribution in [3.8, 4) is 5.75 Å². The molecule has 2 aromatic rings. The van der Waals surface area contributed by atoms with Crippen molar-refractivity contribution in [2.45, 2.75) is 20.3 Å². The molecule has 11 heteroatoms. The van der Waals surface area contributed by atoms with E-state index in [2.05, 4.69) is 22.3 Å². The van der Waals surface area contributed by atoms with Gasteiger partial charge in [0, 0.05) is 24.7 Å². The molecule has 38 heavy (non-hydrogen) atoms. The minimum Gasteiger partial charge on any atom is -0.478 e. The van der Waals surface area contributed by atoms with Crippen molar-refractivity contribution in [1.29, 1.82) is 0 Å². The summed E-state index contributed by atoms with van der Waals surface area (Å²) in [4.78, 5) is 51.7. The number of nitrogens with one attached hydrogen (secondary N) is 2. The molecule has 0 radical (unpaired) electrons. The Morgan fingerprint density at radius 3 is 2.24 bits per heavy atom. The molecular formula is C27H31N5O6. The summed E-state index contributed by atoms with van der Waals surface area (Å²) < 4.78 is 5.36. The van der Waals surface area contributed by atoms with Crippen molar-refractivity contribution in [2.24, 2.45) is 10.7 Å². The number of aliphatic carboxylic acids is 1. The molecular weight excluding hydrogens is 490 g/mol. The highest BCUT2D eigenvalue weighted by molar-refractivity contribution is 6.03. The summed E-state index contributed by atoms with van der Waals surface area (Å²) in [6.45, 7) is 7.28. The van der Waals surface area contributed by atoms with Crippen LogP contribution in [-0.2, 0) is 14.4 Å². The molecule has 0 aliphatic rings. The third-order valence-corrected chi connectivity index (χ3v) is 5.16. The van der Waals surface area contributed by atoms with E-state index in [-0.39, 0.29) is 40.9 Å². The van der Waals surface area contributed by atoms with Crippen LogP contribution in [0.15, 0.2) is 71.4 Å². The second-order valence-electron chi connectivity index (χ2n) is 8.06. The minimum absolute atomic E-state index is 0.0116. The first-order chi connectivity index (χ1) is 18.0. The van der Waals surface area contributed by atoms with E-state index < -0.39 is 17.8 Å². The van der Waals surface area contributed by atoms with Crippen LogP contribution in [0, 0.1) is 0 Å². The zero-order valence-corrected chi connectivity index (χ0v) is 21.5. The van der Waals surface area contributed by atoms with E-state index in [1.54, 1.807) is 31.3 Å². The molecule has 0 fully saturated rings. The Hall–Kier alpha value is -4.77. The van der Waals surface area contributed by atoms with Gasteiger partial charge in [0.2, 0.25) is 0 Å². The molecule has 0 aliphatic heterocycles. The number of hydrazine groups is 1. The third-order valence-electron chi connectivity index (χ3n) is 5.16. The summed E-state index contributed by atoms with van der Waals surface area (Å²) >= 11 is 0. The van der Waals surface area contributed by atoms with Gasteiger partial charge in [-0.3, -0.25) is 14.6 Å². The number of aliphatic imine (C=N–C) groups is 1. The zero-order chi connectivity index (χ0) is 28.2. The fraction of sp³-hybridized carbons (Fsp3) is 0.222. The summed E-state index contributed by atoms with van der Waals surface area (Å²) in [5.41, 5.74) is 10.1. The summed E-state index contributed by atoms with van der Waals surface area (Å²) in [6, 6.07) is 12.5. The first-order valence-electron chi connectivity index (χ1n) is 11.7. The van der Waals surface area contributed by atoms with Crippen molar-refractivity contribution in [2.75, 3.05) is 20.1 Å². The monoisotopic (exact) mass is 521 g/mol. The average molecular weight is 522 g/mol. The molecule has 0 aliphatic carbocycles. The highest BCUT2D eigenvalue weighted by atomic mass is 16.5. The highest BCUT2D eigenvalue weighted by Gasteiger charge is 2.14. The number of hydrogen-bond donors (Lipinski definition) is 4. The fourth-order valence-electron chi connectivity index (χ4n) is 3.09. The van der Waals surface area contributed by atoms with Crippen LogP contribution in [-0.4, -0.2) is 59.8 Å². The summed E-state index contributed by atoms with van der Waals surface area (Å²) in [6.07, 6.45) is 2.25. The Labute approximate surface area is 220 Å². The summed E-state index contributed by atoms with van der Waals surface area (Å²) in [5.74, 6) is -2.30. The molecule has 0 saturated heterocycles. The normalized spacial score (nSPS) is 11.4. The first-order valence-corrected chi connectivity index (χ1v) is 11.7. The average Bonchev–Trinajstić information content (AvgIpc) is 2.90. The van der Waals surface area contributed by atoms with Gasteiger partial charge in [-0.25, -0.2) is 20.0 Å². The predicted molar refractivity (Wildman–Crippen MR) is 143 cm³/mol. The summed E-state index contributed by atoms with van der Waals surface area (Å²) in [5, 5.41) is 12.8. The molecule has 0 bridgehead atoms. The number of amides is 2. The van der Waals surface area contributed by atoms with Crippen LogP contribution in [0.4, 0.5) is 0 Å². The highest BCUT2D eigenvalue weighted by Crippen LogP contribution is 2.16. The predicted octanol–water partition coefficient (Wildman–Crippen LogP) is 2.10. The summed E-state index contributed by atoms with van der Waals surface area (Å²) in [7, 11) is 1.62. The number of nitrogens with zero attached hydrogens (tertiary/aromatic N) is 2. The number of carbonyl (C=O) groups is 4. The number of esters is 1. The van der Waals surface area contributed by atoms with Crippen molar-refractivity contribution in [3.05, 3.63) is 83.1 Å². The van der Waals surface area contributed by atoms with Gasteiger partial charge in [0.05, 0.1) is 12.1 Å². The number of carbonyl (C=O) groups excluding carboxylic acids is 3. The molecule has 0 aromatic heterocycles. The lowest BCUT2D eigenvalue weighted by molar-refractivity contribution is -0.134. The minimum atomic E-state index is -1.02. The molecule has 5 N–H and O–H groups in total. The molecule has 2 aromatic carbocycles. The van der Waals surface area contributed by atoms with Crippen molar-refractivity contribution >= 4 is 35.7 Å². The van der Waals surface area contributed by atoms with Crippen molar-refractivity contribution < 1.29 is 29.0 Å². The van der Waals surface area contributed by atoms with Gasteiger partial charge < -0.3 is 20.9 Å². The SMILES string of the molecule is C=C(N=C(N)c1ccc(OC(=O)c2ccc(C=C(C)C(=O)O)cc2)cc1)C(=O)NCC(=O)N(CCC)NC. The van der Waals surface area contributed by atoms with E-state index in [0.29, 0.717) is 17.7 Å². The van der Waals surface area contributed by atoms with Crippen LogP contribution in [0.2, 0.25) is 0 Å². The van der Waals surface area contributed by atoms with Crippen LogP contribution >= 0.6 is 0 Å². The lowest BCUT2D eigenvalue weighted by atomic mass is 10.1. The molecule has 0 spiro atoms. The number of benzene rings is 2. The van der Waals surface area contributed by atoms with E-state index in [4.69, 9.17) is 15.6 Å². The number of amidine groups is 1. The van der Waals surface area contributed by atoms with Crippen molar-refractivity contribution in [3.63, 3.8) is 0 Å². The Bertz CT molecular complexity index is 1250. The van der Waals surface area contributed by atoms with Crippen molar-refractivity contribution in [1.82, 2.24) is 15.8 Å². The quantitative estimate of drug-likeness (QED) is 0.0824. The second kappa shape index (κ2) is 14.1. The largest absolute Gasteiger partial charge is 0.478 e. The topological polar surface area (TPSA) is 163 Å². The lowest BCUT2D eigenvalue weighted by Crippen LogP contribution is -2.46. The number of nitrogens with two attached hydrogens (primary N) is 1. The zero-order valence-electron chi connectivity index (χ0n) is 21.5. The Morgan fingerprint density at radius 2 is 1.68 bits per heavy atom. The molecule has 200 valence electrons. The van der Waals surface area contributed by atoms with Gasteiger partial charge in [0.1, 0.15) is 17.3 Å². The van der Waals surface area contributed by atoms with E-state index in [0.717, 1.165) is 6.42 Å². The number of hydrogen-bond acceptors (Lipinski definition) is 7. The maximum atomic E-state index is 12.4. The van der Waals surface area contributed by atoms with Crippen LogP contribution in [0.3, 0.4) is 0 Å². The van der Waals surface area contributed by atoms with Crippen LogP contribution in [0.25, 0.3) is 6.08 Å². The number of ether oxygens (including phenoxy) is 1. The lowest BCUT2D eigenvalue weighted by Gasteiger charge is -2.20. The van der Waals surface area contributed by atoms with E-state index in [1.165, 1.54) is 42.3 Å². The van der Waals surface area contributed by atoms with Crippen LogP contribution in [0.5, 0.6) is 5.75 Å². The van der Waals surface area contributed by atoms with E-state index in [1.807, 2.05) is 6.92 Å². The molecule has 2 rings (SSSR count). The van der Waals surface area contributed by atoms with Gasteiger partial charge in [-0.1, -0.05) is 25.6 Å². The Morgan fingerprint density at radius 1 is 1.08 bits per heavy atom. The van der Waals surface area contributed by atoms with E-state index >= 15 is 0 Å². The number of carboxylic acids is 1. The molecule has 0 saturated carbocycles. The van der Waals surface area contributed by atoms with Gasteiger partial charge in [0.15, 0.2) is 0 Å². The van der Waals surface area contributed by atoms with Gasteiger partial charge in [0.25, 0.3) is 11.8 Å². The number of rotatable bonds is 12. The standard InChI is InChI=1S/C27H31N5O6/c1-5-14-32(29-4)23(33)16-30-25(34)18(3)31-24(28)20-10-12-22(13-11-20)38-27(37)21-8-6-19(7-9-21)15-17(2)26(35)36/h6-13,15,29H,3,5,14,16H2,1-2,4H3,(H2,28,31)(H,30,34)(H,35,36). The Balaban J connectivity index is 1.96. The maximum absolute atomic E-state index is 12.4. The molecule has 0 heterocycles. The van der Waals surface area contributed by atoms with Gasteiger partial charge in [-0.15, -0.1) is 0 Å². The second-order valence-corrected chi connectivity index (χ2v) is 8.06. The molecule has 11 nitrogen and oxygen atoms in total. The van der Waals surface area contributed by atoms with Crippen LogP contribution in [0.1, 0.15) is 41.8 Å². The van der Waals surface area contributed by atoms with Gasteiger partial charge >= 0.3 is 11.9 Å². The first kappa shape index (κ1) is 29.5. The van der Waals surface area contributed by atoms with Gasteiger partial charge in [-0.2, -0.15) is 0 Å².